The summed E-state index contributed by atoms with van der Waals surface area (Å²) in [6.45, 7) is 1.76. The third-order valence-electron chi connectivity index (χ3n) is 6.73. The van der Waals surface area contributed by atoms with Gasteiger partial charge in [0.05, 0.1) is 46.9 Å². The quantitative estimate of drug-likeness (QED) is 0.426. The van der Waals surface area contributed by atoms with Gasteiger partial charge in [0.2, 0.25) is 0 Å². The Labute approximate surface area is 200 Å². The lowest BCUT2D eigenvalue weighted by Gasteiger charge is -2.40. The van der Waals surface area contributed by atoms with Crippen molar-refractivity contribution in [2.75, 3.05) is 40.5 Å². The van der Waals surface area contributed by atoms with E-state index in [9.17, 15) is 4.79 Å². The Morgan fingerprint density at radius 3 is 2.71 bits per heavy atom. The summed E-state index contributed by atoms with van der Waals surface area (Å²) >= 11 is 0. The van der Waals surface area contributed by atoms with Crippen molar-refractivity contribution < 1.29 is 13.9 Å². The summed E-state index contributed by atoms with van der Waals surface area (Å²) in [6.07, 6.45) is 3.96. The normalized spacial score (nSPS) is 15.8. The molecule has 0 atom stereocenters. The lowest BCUT2D eigenvalue weighted by Crippen LogP contribution is -2.58. The molecular formula is C26H24FN5O3. The van der Waals surface area contributed by atoms with Crippen LogP contribution in [0.3, 0.4) is 0 Å². The third-order valence-corrected chi connectivity index (χ3v) is 6.73. The highest BCUT2D eigenvalue weighted by molar-refractivity contribution is 6.09. The summed E-state index contributed by atoms with van der Waals surface area (Å²) in [5.74, 6) is 6.07. The van der Waals surface area contributed by atoms with Gasteiger partial charge < -0.3 is 14.4 Å². The van der Waals surface area contributed by atoms with Gasteiger partial charge in [0.25, 0.3) is 0 Å². The molecule has 2 aliphatic heterocycles. The number of aryl methyl sites for hydroxylation is 1. The largest absolute Gasteiger partial charge is 0.489 e. The number of benzene rings is 1. The van der Waals surface area contributed by atoms with Gasteiger partial charge in [-0.2, -0.15) is 0 Å². The monoisotopic (exact) mass is 473 g/mol. The van der Waals surface area contributed by atoms with Crippen molar-refractivity contribution in [3.8, 4) is 28.7 Å². The minimum atomic E-state index is -0.637. The molecule has 1 aromatic carbocycles. The van der Waals surface area contributed by atoms with E-state index in [4.69, 9.17) is 9.47 Å². The second-order valence-electron chi connectivity index (χ2n) is 9.42. The molecule has 9 heteroatoms. The summed E-state index contributed by atoms with van der Waals surface area (Å²) < 4.78 is 30.6. The minimum Gasteiger partial charge on any atom is -0.489 e. The molecule has 0 bridgehead atoms. The molecule has 0 unspecified atom stereocenters. The predicted octanol–water partition coefficient (Wildman–Crippen LogP) is 2.51. The fraction of sp³-hybridized carbons (Fsp3) is 0.346. The average molecular weight is 474 g/mol. The Balaban J connectivity index is 1.53. The van der Waals surface area contributed by atoms with E-state index in [1.807, 2.05) is 14.1 Å². The Morgan fingerprint density at radius 2 is 2.03 bits per heavy atom. The second-order valence-corrected chi connectivity index (χ2v) is 9.42. The molecule has 35 heavy (non-hydrogen) atoms. The maximum Gasteiger partial charge on any atom is 0.329 e. The molecule has 1 saturated heterocycles. The van der Waals surface area contributed by atoms with Crippen LogP contribution in [0.25, 0.3) is 33.1 Å². The van der Waals surface area contributed by atoms with E-state index in [0.29, 0.717) is 57.7 Å². The number of halogens is 1. The summed E-state index contributed by atoms with van der Waals surface area (Å²) in [7, 11) is 5.72. The van der Waals surface area contributed by atoms with Crippen molar-refractivity contribution in [3.05, 3.63) is 52.6 Å². The fourth-order valence-corrected chi connectivity index (χ4v) is 4.81. The maximum atomic E-state index is 15.5. The first-order valence-corrected chi connectivity index (χ1v) is 11.4. The number of rotatable bonds is 3. The minimum absolute atomic E-state index is 0.168. The smallest absolute Gasteiger partial charge is 0.329 e. The van der Waals surface area contributed by atoms with Gasteiger partial charge in [0.1, 0.15) is 29.4 Å². The van der Waals surface area contributed by atoms with Gasteiger partial charge in [-0.25, -0.2) is 14.2 Å². The first kappa shape index (κ1) is 21.8. The molecule has 0 N–H and O–H groups in total. The van der Waals surface area contributed by atoms with Crippen LogP contribution in [0, 0.1) is 17.7 Å². The standard InChI is InChI=1S/C26H24FN5O3/c1-30(2)9-5-4-6-17-8-7-16(11-28-17)21-18(27)10-19-22-23-20(12-29-19)31(3)25(33)32(23)26(13-34-14-26)15-35-24(21)22/h7-8,10-12H,5,9,13-15H2,1-3H3. The third kappa shape index (κ3) is 3.25. The van der Waals surface area contributed by atoms with E-state index < -0.39 is 11.4 Å². The Kier molecular flexibility index (Phi) is 4.91. The van der Waals surface area contributed by atoms with Crippen molar-refractivity contribution in [2.45, 2.75) is 12.0 Å². The van der Waals surface area contributed by atoms with Crippen LogP contribution in [-0.2, 0) is 17.3 Å². The number of ether oxygens (including phenoxy) is 2. The Bertz CT molecular complexity index is 1600. The van der Waals surface area contributed by atoms with E-state index >= 15 is 4.39 Å². The van der Waals surface area contributed by atoms with Gasteiger partial charge >= 0.3 is 5.69 Å². The molecule has 3 aromatic heterocycles. The zero-order valence-electron chi connectivity index (χ0n) is 19.8. The highest BCUT2D eigenvalue weighted by Gasteiger charge is 2.46. The van der Waals surface area contributed by atoms with Crippen LogP contribution in [0.15, 0.2) is 35.4 Å². The van der Waals surface area contributed by atoms with Gasteiger partial charge in [-0.05, 0) is 32.1 Å². The second kappa shape index (κ2) is 7.90. The summed E-state index contributed by atoms with van der Waals surface area (Å²) in [6, 6.07) is 4.97. The molecule has 1 fully saturated rings. The molecule has 0 aliphatic carbocycles. The number of fused-ring (bicyclic) bond motifs is 1. The molecule has 1 spiro atoms. The van der Waals surface area contributed by atoms with Crippen molar-refractivity contribution >= 4 is 21.9 Å². The molecule has 4 aromatic rings. The van der Waals surface area contributed by atoms with Gasteiger partial charge in [0, 0.05) is 37.8 Å². The number of pyridine rings is 2. The molecule has 0 amide bonds. The van der Waals surface area contributed by atoms with E-state index in [2.05, 4.69) is 26.7 Å². The van der Waals surface area contributed by atoms with Crippen molar-refractivity contribution in [1.29, 1.82) is 0 Å². The molecule has 0 saturated carbocycles. The van der Waals surface area contributed by atoms with Crippen LogP contribution >= 0.6 is 0 Å². The van der Waals surface area contributed by atoms with Gasteiger partial charge in [-0.1, -0.05) is 5.92 Å². The zero-order chi connectivity index (χ0) is 24.3. The van der Waals surface area contributed by atoms with Crippen LogP contribution in [0.2, 0.25) is 0 Å². The predicted molar refractivity (Wildman–Crippen MR) is 130 cm³/mol. The Morgan fingerprint density at radius 1 is 1.20 bits per heavy atom. The molecular weight excluding hydrogens is 449 g/mol. The molecule has 8 nitrogen and oxygen atoms in total. The lowest BCUT2D eigenvalue weighted by atomic mass is 9.98. The lowest BCUT2D eigenvalue weighted by molar-refractivity contribution is -0.118. The van der Waals surface area contributed by atoms with E-state index in [1.54, 1.807) is 40.7 Å². The van der Waals surface area contributed by atoms with Crippen molar-refractivity contribution in [3.63, 3.8) is 0 Å². The number of hydrogen-bond acceptors (Lipinski definition) is 6. The van der Waals surface area contributed by atoms with Gasteiger partial charge in [-0.3, -0.25) is 14.1 Å². The number of nitrogens with zero attached hydrogens (tertiary/aromatic N) is 5. The first-order chi connectivity index (χ1) is 16.9. The van der Waals surface area contributed by atoms with E-state index in [1.165, 1.54) is 6.07 Å². The maximum absolute atomic E-state index is 15.5. The van der Waals surface area contributed by atoms with Gasteiger partial charge in [-0.15, -0.1) is 0 Å². The van der Waals surface area contributed by atoms with E-state index in [0.717, 1.165) is 13.0 Å². The number of hydrogen-bond donors (Lipinski definition) is 0. The summed E-state index contributed by atoms with van der Waals surface area (Å²) in [5, 5.41) is 0.618. The van der Waals surface area contributed by atoms with Crippen molar-refractivity contribution in [2.24, 2.45) is 7.05 Å². The highest BCUT2D eigenvalue weighted by atomic mass is 19.1. The molecule has 0 radical (unpaired) electrons. The number of aromatic nitrogens is 4. The topological polar surface area (TPSA) is 74.4 Å². The average Bonchev–Trinajstić information content (AvgIpc) is 2.97. The highest BCUT2D eigenvalue weighted by Crippen LogP contribution is 2.45. The Hall–Kier alpha value is -3.74. The van der Waals surface area contributed by atoms with Crippen LogP contribution in [0.4, 0.5) is 4.39 Å². The van der Waals surface area contributed by atoms with Crippen molar-refractivity contribution in [1.82, 2.24) is 24.0 Å². The van der Waals surface area contributed by atoms with E-state index in [-0.39, 0.29) is 12.3 Å². The molecule has 6 rings (SSSR count). The summed E-state index contributed by atoms with van der Waals surface area (Å²) in [4.78, 5) is 24.2. The summed E-state index contributed by atoms with van der Waals surface area (Å²) in [5.41, 5.74) is 2.47. The molecule has 5 heterocycles. The molecule has 2 aliphatic rings. The fourth-order valence-electron chi connectivity index (χ4n) is 4.81. The number of imidazole rings is 1. The van der Waals surface area contributed by atoms with Crippen LogP contribution < -0.4 is 10.4 Å². The van der Waals surface area contributed by atoms with Crippen LogP contribution in [0.1, 0.15) is 12.1 Å². The first-order valence-electron chi connectivity index (χ1n) is 11.4. The molecule has 178 valence electrons. The van der Waals surface area contributed by atoms with Crippen LogP contribution in [-0.4, -0.2) is 64.5 Å². The SMILES string of the molecule is CN(C)CCC#Cc1ccc(-c2c(F)cc3ncc4c5c3c2OCC2(COC2)n5c(=O)n4C)cn1. The zero-order valence-corrected chi connectivity index (χ0v) is 19.8. The van der Waals surface area contributed by atoms with Gasteiger partial charge in [0.15, 0.2) is 0 Å². The van der Waals surface area contributed by atoms with Crippen LogP contribution in [0.5, 0.6) is 5.75 Å².